The van der Waals surface area contributed by atoms with Crippen molar-refractivity contribution in [1.29, 1.82) is 0 Å². The Morgan fingerprint density at radius 1 is 1.05 bits per heavy atom. The summed E-state index contributed by atoms with van der Waals surface area (Å²) in [5, 5.41) is 3.80. The number of hydrogen-bond donors (Lipinski definition) is 1. The van der Waals surface area contributed by atoms with Crippen molar-refractivity contribution in [2.24, 2.45) is 0 Å². The monoisotopic (exact) mass is 311 g/mol. The second-order valence-corrected chi connectivity index (χ2v) is 5.65. The molecule has 0 bridgehead atoms. The molecule has 1 aliphatic rings. The lowest BCUT2D eigenvalue weighted by atomic mass is 9.99. The first-order valence-electron chi connectivity index (χ1n) is 6.71. The lowest BCUT2D eigenvalue weighted by Crippen LogP contribution is -2.15. The lowest BCUT2D eigenvalue weighted by Gasteiger charge is -2.12. The molecular weight excluding hydrogens is 299 g/mol. The van der Waals surface area contributed by atoms with Gasteiger partial charge in [-0.15, -0.1) is 0 Å². The highest BCUT2D eigenvalue weighted by Gasteiger charge is 2.21. The minimum Gasteiger partial charge on any atom is -0.310 e. The highest BCUT2D eigenvalue weighted by atomic mass is 35.5. The van der Waals surface area contributed by atoms with Crippen LogP contribution in [0.25, 0.3) is 11.1 Å². The van der Waals surface area contributed by atoms with E-state index in [-0.39, 0.29) is 5.56 Å². The summed E-state index contributed by atoms with van der Waals surface area (Å²) in [5.41, 5.74) is 1.76. The summed E-state index contributed by atoms with van der Waals surface area (Å²) in [6.07, 6.45) is 2.28. The van der Waals surface area contributed by atoms with E-state index < -0.39 is 17.5 Å². The van der Waals surface area contributed by atoms with E-state index in [2.05, 4.69) is 5.32 Å². The Labute approximate surface area is 125 Å². The van der Waals surface area contributed by atoms with Gasteiger partial charge in [-0.1, -0.05) is 17.7 Å². The van der Waals surface area contributed by atoms with Crippen molar-refractivity contribution in [1.82, 2.24) is 5.32 Å². The Morgan fingerprint density at radius 2 is 1.71 bits per heavy atom. The van der Waals surface area contributed by atoms with Crippen LogP contribution in [0.1, 0.15) is 18.4 Å². The van der Waals surface area contributed by atoms with E-state index in [0.29, 0.717) is 23.2 Å². The van der Waals surface area contributed by atoms with Crippen molar-refractivity contribution in [3.05, 3.63) is 58.4 Å². The molecule has 3 rings (SSSR count). The molecule has 1 saturated carbocycles. The van der Waals surface area contributed by atoms with Gasteiger partial charge >= 0.3 is 0 Å². The number of halogens is 4. The smallest absolute Gasteiger partial charge is 0.194 e. The van der Waals surface area contributed by atoms with Crippen LogP contribution in [0.4, 0.5) is 13.2 Å². The van der Waals surface area contributed by atoms with Crippen LogP contribution >= 0.6 is 11.6 Å². The minimum absolute atomic E-state index is 0.279. The molecule has 1 nitrogen and oxygen atoms in total. The quantitative estimate of drug-likeness (QED) is 0.809. The molecule has 1 fully saturated rings. The summed E-state index contributed by atoms with van der Waals surface area (Å²) in [7, 11) is 0. The predicted molar refractivity (Wildman–Crippen MR) is 76.6 cm³/mol. The third-order valence-corrected chi connectivity index (χ3v) is 3.76. The number of rotatable bonds is 4. The van der Waals surface area contributed by atoms with Gasteiger partial charge in [-0.25, -0.2) is 13.2 Å². The van der Waals surface area contributed by atoms with E-state index in [9.17, 15) is 13.2 Å². The van der Waals surface area contributed by atoms with Gasteiger partial charge in [0.2, 0.25) is 0 Å². The maximum absolute atomic E-state index is 13.4. The van der Waals surface area contributed by atoms with E-state index in [1.165, 1.54) is 0 Å². The Kier molecular flexibility index (Phi) is 3.91. The third-order valence-electron chi connectivity index (χ3n) is 3.53. The van der Waals surface area contributed by atoms with E-state index in [4.69, 9.17) is 11.6 Å². The molecule has 0 atom stereocenters. The molecule has 110 valence electrons. The van der Waals surface area contributed by atoms with Gasteiger partial charge in [0.1, 0.15) is 0 Å². The molecule has 1 aliphatic carbocycles. The average Bonchev–Trinajstić information content (AvgIpc) is 3.27. The molecule has 0 saturated heterocycles. The van der Waals surface area contributed by atoms with Gasteiger partial charge in [0.05, 0.1) is 0 Å². The van der Waals surface area contributed by atoms with Crippen LogP contribution in [0.15, 0.2) is 30.3 Å². The second kappa shape index (κ2) is 5.70. The first-order valence-corrected chi connectivity index (χ1v) is 7.09. The largest absolute Gasteiger partial charge is 0.310 e. The highest BCUT2D eigenvalue weighted by molar-refractivity contribution is 6.30. The van der Waals surface area contributed by atoms with Crippen LogP contribution in [0.2, 0.25) is 5.02 Å². The first kappa shape index (κ1) is 14.4. The van der Waals surface area contributed by atoms with Crippen molar-refractivity contribution in [2.75, 3.05) is 0 Å². The van der Waals surface area contributed by atoms with Crippen LogP contribution in [0.3, 0.4) is 0 Å². The molecule has 2 aromatic carbocycles. The number of benzene rings is 2. The summed E-state index contributed by atoms with van der Waals surface area (Å²) in [6, 6.07) is 7.67. The van der Waals surface area contributed by atoms with Gasteiger partial charge in [0, 0.05) is 17.6 Å². The second-order valence-electron chi connectivity index (χ2n) is 5.21. The van der Waals surface area contributed by atoms with Crippen molar-refractivity contribution >= 4 is 11.6 Å². The van der Waals surface area contributed by atoms with Crippen LogP contribution < -0.4 is 5.32 Å². The van der Waals surface area contributed by atoms with E-state index in [1.807, 2.05) is 6.07 Å². The molecule has 0 unspecified atom stereocenters. The third kappa shape index (κ3) is 3.22. The van der Waals surface area contributed by atoms with Gasteiger partial charge in [0.15, 0.2) is 17.5 Å². The predicted octanol–water partition coefficient (Wildman–Crippen LogP) is 4.68. The molecule has 2 aromatic rings. The lowest BCUT2D eigenvalue weighted by molar-refractivity contribution is 0.447. The first-order chi connectivity index (χ1) is 10.0. The van der Waals surface area contributed by atoms with Crippen LogP contribution in [0.5, 0.6) is 0 Å². The standard InChI is InChI=1S/C16H13ClF3N/c17-11-2-1-9(8-21-12-3-4-12)13(7-11)10-5-14(18)16(20)15(19)6-10/h1-2,5-7,12,21H,3-4,8H2. The summed E-state index contributed by atoms with van der Waals surface area (Å²) >= 11 is 5.97. The number of hydrogen-bond acceptors (Lipinski definition) is 1. The summed E-state index contributed by atoms with van der Waals surface area (Å²) in [6.45, 7) is 0.581. The van der Waals surface area contributed by atoms with Crippen LogP contribution in [-0.2, 0) is 6.54 Å². The SMILES string of the molecule is Fc1cc(-c2cc(Cl)ccc2CNC2CC2)cc(F)c1F. The van der Waals surface area contributed by atoms with Crippen LogP contribution in [0, 0.1) is 17.5 Å². The Morgan fingerprint density at radius 3 is 2.33 bits per heavy atom. The summed E-state index contributed by atoms with van der Waals surface area (Å²) in [5.74, 6) is -3.87. The van der Waals surface area contributed by atoms with Crippen molar-refractivity contribution in [2.45, 2.75) is 25.4 Å². The molecule has 0 aliphatic heterocycles. The zero-order valence-electron chi connectivity index (χ0n) is 11.1. The maximum atomic E-state index is 13.4. The molecule has 5 heteroatoms. The fourth-order valence-electron chi connectivity index (χ4n) is 2.22. The maximum Gasteiger partial charge on any atom is 0.194 e. The minimum atomic E-state index is -1.46. The van der Waals surface area contributed by atoms with E-state index in [0.717, 1.165) is 30.5 Å². The van der Waals surface area contributed by atoms with Gasteiger partial charge in [-0.05, 0) is 53.8 Å². The van der Waals surface area contributed by atoms with Gasteiger partial charge < -0.3 is 5.32 Å². The molecule has 21 heavy (non-hydrogen) atoms. The van der Waals surface area contributed by atoms with Crippen LogP contribution in [-0.4, -0.2) is 6.04 Å². The van der Waals surface area contributed by atoms with Crippen molar-refractivity contribution in [3.63, 3.8) is 0 Å². The molecular formula is C16H13ClF3N. The molecule has 0 aromatic heterocycles. The Bertz CT molecular complexity index is 660. The van der Waals surface area contributed by atoms with Gasteiger partial charge in [-0.2, -0.15) is 0 Å². The van der Waals surface area contributed by atoms with E-state index >= 15 is 0 Å². The number of nitrogens with one attached hydrogen (secondary N) is 1. The molecule has 0 amide bonds. The normalized spacial score (nSPS) is 14.5. The fraction of sp³-hybridized carbons (Fsp3) is 0.250. The zero-order valence-corrected chi connectivity index (χ0v) is 11.9. The molecule has 1 N–H and O–H groups in total. The van der Waals surface area contributed by atoms with Crippen molar-refractivity contribution < 1.29 is 13.2 Å². The Balaban J connectivity index is 2.00. The summed E-state index contributed by atoms with van der Waals surface area (Å²) < 4.78 is 39.9. The zero-order chi connectivity index (χ0) is 15.0. The van der Waals surface area contributed by atoms with Crippen molar-refractivity contribution in [3.8, 4) is 11.1 Å². The van der Waals surface area contributed by atoms with Gasteiger partial charge in [0.25, 0.3) is 0 Å². The molecule has 0 heterocycles. The fourth-order valence-corrected chi connectivity index (χ4v) is 2.40. The topological polar surface area (TPSA) is 12.0 Å². The van der Waals surface area contributed by atoms with Gasteiger partial charge in [-0.3, -0.25) is 0 Å². The Hall–Kier alpha value is -1.52. The average molecular weight is 312 g/mol. The molecule has 0 spiro atoms. The molecule has 0 radical (unpaired) electrons. The van der Waals surface area contributed by atoms with E-state index in [1.54, 1.807) is 12.1 Å². The highest BCUT2D eigenvalue weighted by Crippen LogP contribution is 2.30. The summed E-state index contributed by atoms with van der Waals surface area (Å²) in [4.78, 5) is 0.